The van der Waals surface area contributed by atoms with Crippen LogP contribution >= 0.6 is 24.0 Å². The first-order chi connectivity index (χ1) is 11.8. The highest BCUT2D eigenvalue weighted by Crippen LogP contribution is 2.21. The normalized spacial score (nSPS) is 15.8. The molecule has 0 saturated carbocycles. The van der Waals surface area contributed by atoms with Gasteiger partial charge in [0.1, 0.15) is 0 Å². The van der Waals surface area contributed by atoms with Gasteiger partial charge in [-0.2, -0.15) is 0 Å². The van der Waals surface area contributed by atoms with Crippen molar-refractivity contribution in [3.05, 3.63) is 35.9 Å². The van der Waals surface area contributed by atoms with Crippen LogP contribution in [0.5, 0.6) is 0 Å². The first-order valence-electron chi connectivity index (χ1n) is 9.40. The summed E-state index contributed by atoms with van der Waals surface area (Å²) < 4.78 is 5.38. The Bertz CT molecular complexity index is 473. The van der Waals surface area contributed by atoms with Crippen LogP contribution in [0.15, 0.2) is 35.3 Å². The monoisotopic (exact) mass is 459 g/mol. The summed E-state index contributed by atoms with van der Waals surface area (Å²) >= 11 is 0. The lowest BCUT2D eigenvalue weighted by Gasteiger charge is -2.34. The van der Waals surface area contributed by atoms with E-state index in [1.54, 1.807) is 0 Å². The van der Waals surface area contributed by atoms with Gasteiger partial charge in [-0.25, -0.2) is 0 Å². The molecule has 5 heteroatoms. The fourth-order valence-electron chi connectivity index (χ4n) is 3.30. The molecule has 4 nitrogen and oxygen atoms in total. The molecule has 142 valence electrons. The molecule has 1 aliphatic rings. The van der Waals surface area contributed by atoms with Crippen molar-refractivity contribution in [3.8, 4) is 0 Å². The van der Waals surface area contributed by atoms with Crippen molar-refractivity contribution in [1.29, 1.82) is 0 Å². The number of piperidine rings is 1. The molecular weight excluding hydrogens is 425 g/mol. The molecule has 1 aromatic carbocycles. The third-order valence-corrected chi connectivity index (χ3v) is 4.70. The maximum absolute atomic E-state index is 5.38. The minimum absolute atomic E-state index is 0. The van der Waals surface area contributed by atoms with Gasteiger partial charge in [-0.3, -0.25) is 4.99 Å². The van der Waals surface area contributed by atoms with Gasteiger partial charge in [-0.1, -0.05) is 30.3 Å². The lowest BCUT2D eigenvalue weighted by molar-refractivity contribution is 0.143. The van der Waals surface area contributed by atoms with E-state index in [1.807, 2.05) is 14.0 Å². The van der Waals surface area contributed by atoms with Gasteiger partial charge >= 0.3 is 0 Å². The lowest BCUT2D eigenvalue weighted by Crippen LogP contribution is -2.46. The number of likely N-dealkylation sites (tertiary alicyclic amines) is 1. The van der Waals surface area contributed by atoms with Gasteiger partial charge in [-0.15, -0.1) is 24.0 Å². The van der Waals surface area contributed by atoms with Gasteiger partial charge in [0.15, 0.2) is 5.96 Å². The number of ether oxygens (including phenoxy) is 1. The highest BCUT2D eigenvalue weighted by atomic mass is 127. The zero-order valence-electron chi connectivity index (χ0n) is 15.7. The maximum atomic E-state index is 5.38. The Labute approximate surface area is 170 Å². The molecule has 0 unspecified atom stereocenters. The van der Waals surface area contributed by atoms with Gasteiger partial charge in [0.25, 0.3) is 0 Å². The number of hydrogen-bond acceptors (Lipinski definition) is 2. The molecule has 1 heterocycles. The first kappa shape index (κ1) is 22.2. The zero-order chi connectivity index (χ0) is 17.0. The van der Waals surface area contributed by atoms with E-state index < -0.39 is 0 Å². The number of guanidine groups is 1. The fraction of sp³-hybridized carbons (Fsp3) is 0.650. The van der Waals surface area contributed by atoms with Crippen molar-refractivity contribution < 1.29 is 4.74 Å². The van der Waals surface area contributed by atoms with Gasteiger partial charge in [0.2, 0.25) is 0 Å². The van der Waals surface area contributed by atoms with Gasteiger partial charge in [0, 0.05) is 39.9 Å². The van der Waals surface area contributed by atoms with Crippen LogP contribution in [0.3, 0.4) is 0 Å². The topological polar surface area (TPSA) is 36.9 Å². The number of benzene rings is 1. The van der Waals surface area contributed by atoms with E-state index >= 15 is 0 Å². The summed E-state index contributed by atoms with van der Waals surface area (Å²) in [6, 6.07) is 10.9. The van der Waals surface area contributed by atoms with E-state index in [1.165, 1.54) is 24.8 Å². The summed E-state index contributed by atoms with van der Waals surface area (Å²) in [7, 11) is 1.89. The predicted octanol–water partition coefficient (Wildman–Crippen LogP) is 3.95. The summed E-state index contributed by atoms with van der Waals surface area (Å²) in [6.45, 7) is 6.91. The molecule has 1 N–H and O–H groups in total. The minimum Gasteiger partial charge on any atom is -0.382 e. The quantitative estimate of drug-likeness (QED) is 0.277. The Kier molecular flexibility index (Phi) is 11.9. The lowest BCUT2D eigenvalue weighted by atomic mass is 9.90. The van der Waals surface area contributed by atoms with Crippen molar-refractivity contribution in [2.75, 3.05) is 39.9 Å². The van der Waals surface area contributed by atoms with Crippen LogP contribution in [-0.4, -0.2) is 50.8 Å². The molecule has 0 aliphatic carbocycles. The molecule has 1 aliphatic heterocycles. The number of aliphatic imine (C=N–C) groups is 1. The molecule has 0 atom stereocenters. The molecule has 1 saturated heterocycles. The highest BCUT2D eigenvalue weighted by Gasteiger charge is 2.21. The molecular formula is C20H34IN3O. The average molecular weight is 459 g/mol. The average Bonchev–Trinajstić information content (AvgIpc) is 2.63. The van der Waals surface area contributed by atoms with Gasteiger partial charge < -0.3 is 15.0 Å². The Morgan fingerprint density at radius 2 is 1.92 bits per heavy atom. The second kappa shape index (κ2) is 13.4. The maximum Gasteiger partial charge on any atom is 0.193 e. The van der Waals surface area contributed by atoms with Crippen molar-refractivity contribution >= 4 is 29.9 Å². The molecule has 0 radical (unpaired) electrons. The zero-order valence-corrected chi connectivity index (χ0v) is 18.1. The molecule has 25 heavy (non-hydrogen) atoms. The van der Waals surface area contributed by atoms with Gasteiger partial charge in [-0.05, 0) is 50.5 Å². The second-order valence-corrected chi connectivity index (χ2v) is 6.50. The Morgan fingerprint density at radius 1 is 1.20 bits per heavy atom. The molecule has 0 spiro atoms. The largest absolute Gasteiger partial charge is 0.382 e. The third-order valence-electron chi connectivity index (χ3n) is 4.70. The van der Waals surface area contributed by atoms with Crippen LogP contribution in [0.1, 0.15) is 38.2 Å². The molecule has 0 aromatic heterocycles. The molecule has 1 fully saturated rings. The molecule has 1 aromatic rings. The van der Waals surface area contributed by atoms with Crippen molar-refractivity contribution in [1.82, 2.24) is 10.2 Å². The Morgan fingerprint density at radius 3 is 2.56 bits per heavy atom. The van der Waals surface area contributed by atoms with Crippen LogP contribution in [0.2, 0.25) is 0 Å². The summed E-state index contributed by atoms with van der Waals surface area (Å²) in [5.74, 6) is 1.86. The SMILES string of the molecule is CCOCCCCNC(=NC)N1CCC(Cc2ccccc2)CC1.I. The molecule has 2 rings (SSSR count). The number of rotatable bonds is 8. The van der Waals surface area contributed by atoms with E-state index in [0.29, 0.717) is 0 Å². The summed E-state index contributed by atoms with van der Waals surface area (Å²) in [4.78, 5) is 6.86. The van der Waals surface area contributed by atoms with E-state index in [0.717, 1.165) is 57.6 Å². The predicted molar refractivity (Wildman–Crippen MR) is 117 cm³/mol. The van der Waals surface area contributed by atoms with E-state index in [2.05, 4.69) is 45.5 Å². The number of unbranched alkanes of at least 4 members (excludes halogenated alkanes) is 1. The molecule has 0 amide bonds. The highest BCUT2D eigenvalue weighted by molar-refractivity contribution is 14.0. The van der Waals surface area contributed by atoms with E-state index in [-0.39, 0.29) is 24.0 Å². The van der Waals surface area contributed by atoms with Crippen LogP contribution in [-0.2, 0) is 11.2 Å². The third kappa shape index (κ3) is 8.40. The second-order valence-electron chi connectivity index (χ2n) is 6.50. The van der Waals surface area contributed by atoms with Crippen molar-refractivity contribution in [3.63, 3.8) is 0 Å². The summed E-state index contributed by atoms with van der Waals surface area (Å²) in [5, 5.41) is 3.50. The summed E-state index contributed by atoms with van der Waals surface area (Å²) in [5.41, 5.74) is 1.47. The smallest absolute Gasteiger partial charge is 0.193 e. The van der Waals surface area contributed by atoms with E-state index in [9.17, 15) is 0 Å². The fourth-order valence-corrected chi connectivity index (χ4v) is 3.30. The van der Waals surface area contributed by atoms with Crippen LogP contribution in [0.25, 0.3) is 0 Å². The molecule has 0 bridgehead atoms. The minimum atomic E-state index is 0. The first-order valence-corrected chi connectivity index (χ1v) is 9.40. The number of hydrogen-bond donors (Lipinski definition) is 1. The standard InChI is InChI=1S/C20H33N3O.HI/c1-3-24-16-8-7-13-22-20(21-2)23-14-11-19(12-15-23)17-18-9-5-4-6-10-18;/h4-6,9-10,19H,3,7-8,11-17H2,1-2H3,(H,21,22);1H. The Hall–Kier alpha value is -0.820. The van der Waals surface area contributed by atoms with Crippen LogP contribution in [0, 0.1) is 5.92 Å². The van der Waals surface area contributed by atoms with E-state index in [4.69, 9.17) is 4.74 Å². The van der Waals surface area contributed by atoms with Gasteiger partial charge in [0.05, 0.1) is 0 Å². The summed E-state index contributed by atoms with van der Waals surface area (Å²) in [6.07, 6.45) is 5.94. The number of halogens is 1. The van der Waals surface area contributed by atoms with Crippen LogP contribution in [0.4, 0.5) is 0 Å². The van der Waals surface area contributed by atoms with Crippen molar-refractivity contribution in [2.45, 2.75) is 39.0 Å². The van der Waals surface area contributed by atoms with Crippen LogP contribution < -0.4 is 5.32 Å². The Balaban J connectivity index is 0.00000312. The van der Waals surface area contributed by atoms with Crippen molar-refractivity contribution in [2.24, 2.45) is 10.9 Å². The number of nitrogens with zero attached hydrogens (tertiary/aromatic N) is 2. The number of nitrogens with one attached hydrogen (secondary N) is 1.